The van der Waals surface area contributed by atoms with Crippen molar-refractivity contribution in [2.75, 3.05) is 5.32 Å². The van der Waals surface area contributed by atoms with Crippen LogP contribution in [0.5, 0.6) is 0 Å². The summed E-state index contributed by atoms with van der Waals surface area (Å²) >= 11 is 11.8. The first-order valence-corrected chi connectivity index (χ1v) is 8.07. The summed E-state index contributed by atoms with van der Waals surface area (Å²) in [4.78, 5) is 24.4. The number of amides is 1. The summed E-state index contributed by atoms with van der Waals surface area (Å²) in [6.07, 6.45) is -0.962. The maximum atomic E-state index is 12.2. The van der Waals surface area contributed by atoms with E-state index in [4.69, 9.17) is 27.9 Å². The van der Waals surface area contributed by atoms with Crippen LogP contribution in [0.15, 0.2) is 36.4 Å². The van der Waals surface area contributed by atoms with Crippen molar-refractivity contribution in [3.8, 4) is 0 Å². The number of halogens is 2. The lowest BCUT2D eigenvalue weighted by molar-refractivity contribution is -0.123. The van der Waals surface area contributed by atoms with Crippen LogP contribution in [-0.4, -0.2) is 18.0 Å². The Hall–Kier alpha value is -2.04. The fourth-order valence-electron chi connectivity index (χ4n) is 2.19. The van der Waals surface area contributed by atoms with Crippen molar-refractivity contribution in [3.63, 3.8) is 0 Å². The second-order valence-electron chi connectivity index (χ2n) is 5.51. The molecule has 0 saturated carbocycles. The molecule has 0 radical (unpaired) electrons. The van der Waals surface area contributed by atoms with Gasteiger partial charge in [0.15, 0.2) is 6.10 Å². The van der Waals surface area contributed by atoms with Crippen LogP contribution in [0.2, 0.25) is 10.0 Å². The molecule has 4 nitrogen and oxygen atoms in total. The topological polar surface area (TPSA) is 55.4 Å². The highest BCUT2D eigenvalue weighted by molar-refractivity contribution is 6.35. The van der Waals surface area contributed by atoms with Crippen LogP contribution < -0.4 is 5.32 Å². The Morgan fingerprint density at radius 2 is 1.67 bits per heavy atom. The predicted molar refractivity (Wildman–Crippen MR) is 95.9 cm³/mol. The molecule has 0 aliphatic heterocycles. The van der Waals surface area contributed by atoms with Gasteiger partial charge in [-0.1, -0.05) is 40.9 Å². The average Bonchev–Trinajstić information content (AvgIpc) is 2.45. The van der Waals surface area contributed by atoms with Crippen molar-refractivity contribution in [1.29, 1.82) is 0 Å². The molecular weight excluding hydrogens is 349 g/mol. The van der Waals surface area contributed by atoms with Crippen LogP contribution >= 0.6 is 23.2 Å². The first-order chi connectivity index (χ1) is 11.3. The highest BCUT2D eigenvalue weighted by Gasteiger charge is 2.20. The molecule has 0 aromatic heterocycles. The molecule has 0 fully saturated rings. The maximum Gasteiger partial charge on any atom is 0.339 e. The lowest BCUT2D eigenvalue weighted by Crippen LogP contribution is -2.30. The number of esters is 1. The first kappa shape index (κ1) is 18.3. The summed E-state index contributed by atoms with van der Waals surface area (Å²) in [7, 11) is 0. The number of anilines is 1. The fourth-order valence-corrected chi connectivity index (χ4v) is 2.72. The molecule has 0 aliphatic rings. The molecule has 0 spiro atoms. The summed E-state index contributed by atoms with van der Waals surface area (Å²) < 4.78 is 5.23. The monoisotopic (exact) mass is 365 g/mol. The number of aryl methyl sites for hydroxylation is 2. The summed E-state index contributed by atoms with van der Waals surface area (Å²) in [5.41, 5.74) is 2.72. The Labute approximate surface area is 150 Å². The number of carbonyl (C=O) groups is 2. The summed E-state index contributed by atoms with van der Waals surface area (Å²) in [6.45, 7) is 5.26. The Morgan fingerprint density at radius 1 is 1.04 bits per heavy atom. The zero-order chi connectivity index (χ0) is 17.9. The minimum absolute atomic E-state index is 0.401. The standard InChI is InChI=1S/C18H17Cl2NO3/c1-10-4-5-16(11(2)6-10)18(23)24-12(3)17(22)21-15-8-13(19)7-14(20)9-15/h4-9,12H,1-3H3,(H,21,22)/t12-/m0/s1. The molecule has 2 aromatic carbocycles. The van der Waals surface area contributed by atoms with Crippen LogP contribution in [0, 0.1) is 13.8 Å². The summed E-state index contributed by atoms with van der Waals surface area (Å²) in [5, 5.41) is 3.42. The minimum Gasteiger partial charge on any atom is -0.449 e. The van der Waals surface area contributed by atoms with Gasteiger partial charge in [0.25, 0.3) is 5.91 Å². The average molecular weight is 366 g/mol. The predicted octanol–water partition coefficient (Wildman–Crippen LogP) is 4.79. The smallest absolute Gasteiger partial charge is 0.339 e. The first-order valence-electron chi connectivity index (χ1n) is 7.31. The molecular formula is C18H17Cl2NO3. The van der Waals surface area contributed by atoms with E-state index in [2.05, 4.69) is 5.32 Å². The van der Waals surface area contributed by atoms with Gasteiger partial charge >= 0.3 is 5.97 Å². The van der Waals surface area contributed by atoms with E-state index in [1.54, 1.807) is 24.3 Å². The molecule has 0 unspecified atom stereocenters. The Bertz CT molecular complexity index is 770. The molecule has 0 aliphatic carbocycles. The fraction of sp³-hybridized carbons (Fsp3) is 0.222. The van der Waals surface area contributed by atoms with E-state index in [-0.39, 0.29) is 0 Å². The molecule has 2 rings (SSSR count). The molecule has 0 saturated heterocycles. The van der Waals surface area contributed by atoms with Crippen LogP contribution in [-0.2, 0) is 9.53 Å². The van der Waals surface area contributed by atoms with Gasteiger partial charge < -0.3 is 10.1 Å². The number of nitrogens with one attached hydrogen (secondary N) is 1. The number of benzene rings is 2. The Morgan fingerprint density at radius 3 is 2.25 bits per heavy atom. The van der Waals surface area contributed by atoms with E-state index in [0.29, 0.717) is 21.3 Å². The summed E-state index contributed by atoms with van der Waals surface area (Å²) in [6, 6.07) is 10.1. The van der Waals surface area contributed by atoms with Gasteiger partial charge in [0.1, 0.15) is 0 Å². The molecule has 2 aromatic rings. The lowest BCUT2D eigenvalue weighted by Gasteiger charge is -2.15. The normalized spacial score (nSPS) is 11.7. The molecule has 1 N–H and O–H groups in total. The molecule has 126 valence electrons. The van der Waals surface area contributed by atoms with Crippen molar-refractivity contribution in [2.24, 2.45) is 0 Å². The van der Waals surface area contributed by atoms with Crippen LogP contribution in [0.1, 0.15) is 28.4 Å². The van der Waals surface area contributed by atoms with E-state index in [1.807, 2.05) is 26.0 Å². The maximum absolute atomic E-state index is 12.2. The van der Waals surface area contributed by atoms with Gasteiger partial charge in [-0.25, -0.2) is 4.79 Å². The van der Waals surface area contributed by atoms with Crippen molar-refractivity contribution in [3.05, 3.63) is 63.1 Å². The molecule has 0 heterocycles. The minimum atomic E-state index is -0.962. The van der Waals surface area contributed by atoms with E-state index < -0.39 is 18.0 Å². The van der Waals surface area contributed by atoms with Crippen LogP contribution in [0.25, 0.3) is 0 Å². The van der Waals surface area contributed by atoms with Crippen LogP contribution in [0.3, 0.4) is 0 Å². The van der Waals surface area contributed by atoms with E-state index >= 15 is 0 Å². The number of hydrogen-bond acceptors (Lipinski definition) is 3. The quantitative estimate of drug-likeness (QED) is 0.792. The van der Waals surface area contributed by atoms with E-state index in [9.17, 15) is 9.59 Å². The van der Waals surface area contributed by atoms with E-state index in [1.165, 1.54) is 6.92 Å². The number of hydrogen-bond donors (Lipinski definition) is 1. The van der Waals surface area contributed by atoms with Gasteiger partial charge in [0.05, 0.1) is 5.56 Å². The third-order valence-electron chi connectivity index (χ3n) is 3.38. The summed E-state index contributed by atoms with van der Waals surface area (Å²) in [5.74, 6) is -1.01. The van der Waals surface area contributed by atoms with Crippen molar-refractivity contribution >= 4 is 40.8 Å². The highest BCUT2D eigenvalue weighted by Crippen LogP contribution is 2.22. The number of carbonyl (C=O) groups excluding carboxylic acids is 2. The molecule has 6 heteroatoms. The van der Waals surface area contributed by atoms with Crippen molar-refractivity contribution in [2.45, 2.75) is 26.9 Å². The van der Waals surface area contributed by atoms with Gasteiger partial charge in [-0.05, 0) is 50.6 Å². The third kappa shape index (κ3) is 4.73. The van der Waals surface area contributed by atoms with Gasteiger partial charge in [0.2, 0.25) is 0 Å². The van der Waals surface area contributed by atoms with Gasteiger partial charge in [-0.15, -0.1) is 0 Å². The molecule has 0 bridgehead atoms. The van der Waals surface area contributed by atoms with Crippen molar-refractivity contribution < 1.29 is 14.3 Å². The van der Waals surface area contributed by atoms with Crippen molar-refractivity contribution in [1.82, 2.24) is 0 Å². The largest absolute Gasteiger partial charge is 0.449 e. The van der Waals surface area contributed by atoms with Gasteiger partial charge in [0, 0.05) is 15.7 Å². The number of ether oxygens (including phenoxy) is 1. The molecule has 1 atom stereocenters. The second kappa shape index (κ2) is 7.69. The molecule has 24 heavy (non-hydrogen) atoms. The Kier molecular flexibility index (Phi) is 5.86. The zero-order valence-corrected chi connectivity index (χ0v) is 15.0. The Balaban J connectivity index is 2.04. The highest BCUT2D eigenvalue weighted by atomic mass is 35.5. The SMILES string of the molecule is Cc1ccc(C(=O)O[C@@H](C)C(=O)Nc2cc(Cl)cc(Cl)c2)c(C)c1. The third-order valence-corrected chi connectivity index (χ3v) is 3.82. The van der Waals surface area contributed by atoms with Crippen LogP contribution in [0.4, 0.5) is 5.69 Å². The molecule has 1 amide bonds. The number of rotatable bonds is 4. The van der Waals surface area contributed by atoms with Gasteiger partial charge in [-0.2, -0.15) is 0 Å². The second-order valence-corrected chi connectivity index (χ2v) is 6.39. The van der Waals surface area contributed by atoms with E-state index in [0.717, 1.165) is 11.1 Å². The lowest BCUT2D eigenvalue weighted by atomic mass is 10.1. The zero-order valence-electron chi connectivity index (χ0n) is 13.5. The van der Waals surface area contributed by atoms with Gasteiger partial charge in [-0.3, -0.25) is 4.79 Å².